The van der Waals surface area contributed by atoms with Crippen molar-refractivity contribution < 1.29 is 27.1 Å². The molecule has 1 rings (SSSR count). The summed E-state index contributed by atoms with van der Waals surface area (Å²) in [4.78, 5) is 11.0. The van der Waals surface area contributed by atoms with Gasteiger partial charge in [-0.25, -0.2) is 4.79 Å². The van der Waals surface area contributed by atoms with Crippen LogP contribution in [-0.4, -0.2) is 25.8 Å². The normalized spacial score (nSPS) is 11.5. The van der Waals surface area contributed by atoms with E-state index in [0.29, 0.717) is 0 Å². The van der Waals surface area contributed by atoms with E-state index in [9.17, 15) is 18.0 Å². The Bertz CT molecular complexity index is 359. The zero-order valence-electron chi connectivity index (χ0n) is 8.43. The van der Waals surface area contributed by atoms with Crippen LogP contribution < -0.4 is 5.32 Å². The van der Waals surface area contributed by atoms with Crippen LogP contribution in [0.15, 0.2) is 16.7 Å². The van der Waals surface area contributed by atoms with E-state index in [-0.39, 0.29) is 17.9 Å². The van der Waals surface area contributed by atoms with Crippen LogP contribution in [0.3, 0.4) is 0 Å². The summed E-state index contributed by atoms with van der Waals surface area (Å²) >= 11 is 0. The van der Waals surface area contributed by atoms with Crippen LogP contribution in [0.1, 0.15) is 16.1 Å². The van der Waals surface area contributed by atoms with E-state index in [1.807, 2.05) is 0 Å². The molecule has 1 aromatic rings. The number of furan rings is 1. The third-order valence-electron chi connectivity index (χ3n) is 1.70. The second kappa shape index (κ2) is 5.02. The molecule has 0 bridgehead atoms. The Hall–Kier alpha value is -1.50. The van der Waals surface area contributed by atoms with Crippen LogP contribution in [0.25, 0.3) is 0 Å². The van der Waals surface area contributed by atoms with Crippen LogP contribution in [0.4, 0.5) is 13.2 Å². The second-order valence-corrected chi connectivity index (χ2v) is 3.01. The molecule has 0 spiro atoms. The first-order chi connectivity index (χ1) is 7.42. The van der Waals surface area contributed by atoms with E-state index < -0.39 is 18.7 Å². The van der Waals surface area contributed by atoms with Crippen molar-refractivity contribution in [1.82, 2.24) is 5.32 Å². The molecule has 0 aliphatic rings. The number of esters is 1. The molecule has 16 heavy (non-hydrogen) atoms. The van der Waals surface area contributed by atoms with Gasteiger partial charge in [0.1, 0.15) is 12.0 Å². The lowest BCUT2D eigenvalue weighted by molar-refractivity contribution is -0.125. The summed E-state index contributed by atoms with van der Waals surface area (Å²) in [6, 6.07) is 1.33. The van der Waals surface area contributed by atoms with Crippen molar-refractivity contribution in [3.8, 4) is 0 Å². The molecular formula is C9H10F3NO3. The maximum Gasteiger partial charge on any atom is 0.401 e. The summed E-state index contributed by atoms with van der Waals surface area (Å²) in [7, 11) is 1.21. The molecule has 0 radical (unpaired) electrons. The van der Waals surface area contributed by atoms with Crippen molar-refractivity contribution in [2.75, 3.05) is 13.7 Å². The molecule has 0 amide bonds. The predicted molar refractivity (Wildman–Crippen MR) is 47.8 cm³/mol. The number of ether oxygens (including phenoxy) is 1. The molecule has 0 aromatic carbocycles. The van der Waals surface area contributed by atoms with Gasteiger partial charge in [0.25, 0.3) is 0 Å². The monoisotopic (exact) mass is 237 g/mol. The maximum atomic E-state index is 11.8. The molecule has 0 aliphatic heterocycles. The number of hydrogen-bond donors (Lipinski definition) is 1. The van der Waals surface area contributed by atoms with Gasteiger partial charge in [-0.3, -0.25) is 0 Å². The molecule has 1 N–H and O–H groups in total. The Morgan fingerprint density at radius 3 is 2.81 bits per heavy atom. The van der Waals surface area contributed by atoms with Gasteiger partial charge in [0, 0.05) is 0 Å². The molecule has 1 heterocycles. The van der Waals surface area contributed by atoms with Crippen molar-refractivity contribution >= 4 is 5.97 Å². The Kier molecular flexibility index (Phi) is 3.94. The predicted octanol–water partition coefficient (Wildman–Crippen LogP) is 1.72. The minimum Gasteiger partial charge on any atom is -0.467 e. The lowest BCUT2D eigenvalue weighted by Crippen LogP contribution is -2.28. The van der Waals surface area contributed by atoms with E-state index in [2.05, 4.69) is 10.1 Å². The molecular weight excluding hydrogens is 227 g/mol. The number of methoxy groups -OCH3 is 1. The SMILES string of the molecule is COC(=O)c1coc(CNCC(F)(F)F)c1. The summed E-state index contributed by atoms with van der Waals surface area (Å²) in [5.74, 6) is -0.351. The number of hydrogen-bond acceptors (Lipinski definition) is 4. The first-order valence-electron chi connectivity index (χ1n) is 4.35. The van der Waals surface area contributed by atoms with E-state index in [1.165, 1.54) is 13.2 Å². The fourth-order valence-electron chi connectivity index (χ4n) is 1.03. The Morgan fingerprint density at radius 1 is 1.56 bits per heavy atom. The van der Waals surface area contributed by atoms with Crippen molar-refractivity contribution in [3.05, 3.63) is 23.7 Å². The number of nitrogens with one attached hydrogen (secondary N) is 1. The highest BCUT2D eigenvalue weighted by Gasteiger charge is 2.26. The topological polar surface area (TPSA) is 51.5 Å². The first-order valence-corrected chi connectivity index (χ1v) is 4.35. The number of alkyl halides is 3. The number of rotatable bonds is 4. The van der Waals surface area contributed by atoms with Crippen LogP contribution in [0.5, 0.6) is 0 Å². The van der Waals surface area contributed by atoms with E-state index in [4.69, 9.17) is 4.42 Å². The van der Waals surface area contributed by atoms with Gasteiger partial charge in [-0.15, -0.1) is 0 Å². The molecule has 0 saturated carbocycles. The molecule has 0 saturated heterocycles. The Labute approximate surface area is 89.4 Å². The van der Waals surface area contributed by atoms with Gasteiger partial charge >= 0.3 is 12.1 Å². The van der Waals surface area contributed by atoms with Crippen LogP contribution >= 0.6 is 0 Å². The van der Waals surface area contributed by atoms with Crippen LogP contribution in [0, 0.1) is 0 Å². The van der Waals surface area contributed by atoms with Gasteiger partial charge in [-0.2, -0.15) is 13.2 Å². The minimum atomic E-state index is -4.27. The average Bonchev–Trinajstić information content (AvgIpc) is 2.63. The van der Waals surface area contributed by atoms with Gasteiger partial charge in [0.05, 0.1) is 25.8 Å². The highest BCUT2D eigenvalue weighted by Crippen LogP contribution is 2.13. The standard InChI is InChI=1S/C9H10F3NO3/c1-15-8(14)6-2-7(16-4-6)3-13-5-9(10,11)12/h2,4,13H,3,5H2,1H3. The maximum absolute atomic E-state index is 11.8. The Morgan fingerprint density at radius 2 is 2.25 bits per heavy atom. The van der Waals surface area contributed by atoms with Gasteiger partial charge in [-0.1, -0.05) is 0 Å². The first kappa shape index (κ1) is 12.6. The molecule has 0 fully saturated rings. The van der Waals surface area contributed by atoms with Crippen molar-refractivity contribution in [2.45, 2.75) is 12.7 Å². The molecule has 0 unspecified atom stereocenters. The van der Waals surface area contributed by atoms with E-state index in [1.54, 1.807) is 0 Å². The van der Waals surface area contributed by atoms with Crippen molar-refractivity contribution in [3.63, 3.8) is 0 Å². The zero-order valence-corrected chi connectivity index (χ0v) is 8.43. The van der Waals surface area contributed by atoms with Gasteiger partial charge in [0.2, 0.25) is 0 Å². The lowest BCUT2D eigenvalue weighted by atomic mass is 10.3. The lowest BCUT2D eigenvalue weighted by Gasteiger charge is -2.05. The average molecular weight is 237 g/mol. The van der Waals surface area contributed by atoms with Gasteiger partial charge in [0.15, 0.2) is 0 Å². The summed E-state index contributed by atoms with van der Waals surface area (Å²) in [6.45, 7) is -1.21. The summed E-state index contributed by atoms with van der Waals surface area (Å²) < 4.78 is 44.6. The number of carbonyl (C=O) groups is 1. The zero-order chi connectivity index (χ0) is 12.2. The van der Waals surface area contributed by atoms with Crippen LogP contribution in [-0.2, 0) is 11.3 Å². The molecule has 0 atom stereocenters. The van der Waals surface area contributed by atoms with Gasteiger partial charge in [-0.05, 0) is 6.07 Å². The van der Waals surface area contributed by atoms with Crippen molar-refractivity contribution in [2.24, 2.45) is 0 Å². The molecule has 90 valence electrons. The summed E-state index contributed by atoms with van der Waals surface area (Å²) in [5.41, 5.74) is 0.173. The molecule has 0 aliphatic carbocycles. The number of halogens is 3. The molecule has 7 heteroatoms. The second-order valence-electron chi connectivity index (χ2n) is 3.01. The third kappa shape index (κ3) is 3.93. The third-order valence-corrected chi connectivity index (χ3v) is 1.70. The quantitative estimate of drug-likeness (QED) is 0.810. The smallest absolute Gasteiger partial charge is 0.401 e. The fraction of sp³-hybridized carbons (Fsp3) is 0.444. The minimum absolute atomic E-state index is 0.101. The molecule has 4 nitrogen and oxygen atoms in total. The highest BCUT2D eigenvalue weighted by atomic mass is 19.4. The van der Waals surface area contributed by atoms with Gasteiger partial charge < -0.3 is 14.5 Å². The van der Waals surface area contributed by atoms with Crippen molar-refractivity contribution in [1.29, 1.82) is 0 Å². The summed E-state index contributed by atoms with van der Waals surface area (Å²) in [6.07, 6.45) is -3.13. The fourth-order valence-corrected chi connectivity index (χ4v) is 1.03. The van der Waals surface area contributed by atoms with E-state index >= 15 is 0 Å². The number of carbonyl (C=O) groups excluding carboxylic acids is 1. The highest BCUT2D eigenvalue weighted by molar-refractivity contribution is 5.88. The Balaban J connectivity index is 2.44. The summed E-state index contributed by atoms with van der Waals surface area (Å²) in [5, 5.41) is 2.14. The largest absolute Gasteiger partial charge is 0.467 e. The van der Waals surface area contributed by atoms with Crippen LogP contribution in [0.2, 0.25) is 0 Å². The molecule has 1 aromatic heterocycles. The van der Waals surface area contributed by atoms with E-state index in [0.717, 1.165) is 6.26 Å².